The van der Waals surface area contributed by atoms with Gasteiger partial charge >= 0.3 is 0 Å². The van der Waals surface area contributed by atoms with Gasteiger partial charge in [0.2, 0.25) is 0 Å². The summed E-state index contributed by atoms with van der Waals surface area (Å²) in [5.41, 5.74) is 3.24. The zero-order valence-electron chi connectivity index (χ0n) is 23.2. The van der Waals surface area contributed by atoms with Crippen LogP contribution in [0, 0.1) is 0 Å². The Labute approximate surface area is 232 Å². The average Bonchev–Trinajstić information content (AvgIpc) is 2.98. The molecule has 0 saturated heterocycles. The van der Waals surface area contributed by atoms with Crippen molar-refractivity contribution in [2.75, 3.05) is 19.8 Å². The lowest BCUT2D eigenvalue weighted by molar-refractivity contribution is 0.103. The third-order valence-electron chi connectivity index (χ3n) is 6.78. The lowest BCUT2D eigenvalue weighted by Gasteiger charge is -2.15. The van der Waals surface area contributed by atoms with Crippen molar-refractivity contribution >= 4 is 22.8 Å². The number of carbonyl (C=O) groups excluding carboxylic acids is 1. The molecule has 202 valence electrons. The van der Waals surface area contributed by atoms with E-state index in [9.17, 15) is 4.79 Å². The Morgan fingerprint density at radius 3 is 2.31 bits per heavy atom. The van der Waals surface area contributed by atoms with Gasteiger partial charge in [-0.3, -0.25) is 9.79 Å². The van der Waals surface area contributed by atoms with Gasteiger partial charge in [0.25, 0.3) is 0 Å². The minimum atomic E-state index is 0.00578. The third-order valence-corrected chi connectivity index (χ3v) is 6.78. The summed E-state index contributed by atoms with van der Waals surface area (Å²) in [7, 11) is 0. The maximum atomic E-state index is 13.6. The molecule has 0 N–H and O–H groups in total. The molecule has 0 saturated carbocycles. The normalized spacial score (nSPS) is 11.2. The second-order valence-electron chi connectivity index (χ2n) is 9.75. The highest BCUT2D eigenvalue weighted by Gasteiger charge is 2.18. The zero-order chi connectivity index (χ0) is 27.3. The largest absolute Gasteiger partial charge is 0.494 e. The van der Waals surface area contributed by atoms with Crippen LogP contribution in [0.25, 0.3) is 21.9 Å². The van der Waals surface area contributed by atoms with Crippen LogP contribution in [-0.2, 0) is 0 Å². The molecule has 4 aromatic carbocycles. The maximum absolute atomic E-state index is 13.6. The van der Waals surface area contributed by atoms with Crippen molar-refractivity contribution in [2.24, 2.45) is 4.99 Å². The summed E-state index contributed by atoms with van der Waals surface area (Å²) >= 11 is 0. The van der Waals surface area contributed by atoms with Gasteiger partial charge in [-0.25, -0.2) is 0 Å². The highest BCUT2D eigenvalue weighted by Crippen LogP contribution is 2.36. The van der Waals surface area contributed by atoms with Crippen LogP contribution in [0.5, 0.6) is 11.5 Å². The third kappa shape index (κ3) is 7.79. The molecular formula is C35H39NO3. The Morgan fingerprint density at radius 2 is 1.54 bits per heavy atom. The Bertz CT molecular complexity index is 1360. The number of carbonyl (C=O) groups is 1. The first-order valence-electron chi connectivity index (χ1n) is 14.2. The standard InChI is InChI=1S/C35H39NO3/c1-3-5-7-11-22-36-23-25-39-30-17-14-27(15-18-30)34-32-21-19-31(38-24-6-4-2)26-29(32)16-20-33(34)35(37)28-12-9-8-10-13-28/h8-10,12-21,23,26H,3-7,11,22,24-25H2,1-2H3. The summed E-state index contributed by atoms with van der Waals surface area (Å²) in [4.78, 5) is 18.1. The fourth-order valence-electron chi connectivity index (χ4n) is 4.60. The van der Waals surface area contributed by atoms with E-state index in [0.717, 1.165) is 59.2 Å². The summed E-state index contributed by atoms with van der Waals surface area (Å²) in [6.07, 6.45) is 8.81. The van der Waals surface area contributed by atoms with E-state index >= 15 is 0 Å². The molecule has 0 heterocycles. The summed E-state index contributed by atoms with van der Waals surface area (Å²) in [5, 5.41) is 2.06. The first-order chi connectivity index (χ1) is 19.2. The molecule has 0 atom stereocenters. The highest BCUT2D eigenvalue weighted by molar-refractivity contribution is 6.17. The molecule has 4 nitrogen and oxygen atoms in total. The SMILES string of the molecule is CCCCCCN=CCOc1ccc(-c2c(C(=O)c3ccccc3)ccc3cc(OCCCC)ccc23)cc1. The fraction of sp³-hybridized carbons (Fsp3) is 0.314. The van der Waals surface area contributed by atoms with Gasteiger partial charge in [0.05, 0.1) is 6.61 Å². The molecule has 0 fully saturated rings. The van der Waals surface area contributed by atoms with E-state index in [1.807, 2.05) is 79.0 Å². The molecule has 4 aromatic rings. The van der Waals surface area contributed by atoms with E-state index < -0.39 is 0 Å². The molecule has 0 aliphatic rings. The van der Waals surface area contributed by atoms with Gasteiger partial charge in [-0.05, 0) is 59.5 Å². The van der Waals surface area contributed by atoms with Crippen molar-refractivity contribution < 1.29 is 14.3 Å². The molecule has 0 radical (unpaired) electrons. The number of ether oxygens (including phenoxy) is 2. The van der Waals surface area contributed by atoms with Gasteiger partial charge < -0.3 is 9.47 Å². The Morgan fingerprint density at radius 1 is 0.769 bits per heavy atom. The lowest BCUT2D eigenvalue weighted by atomic mass is 9.89. The second kappa shape index (κ2) is 14.9. The van der Waals surface area contributed by atoms with E-state index in [2.05, 4.69) is 31.0 Å². The molecule has 4 heteroatoms. The van der Waals surface area contributed by atoms with Crippen LogP contribution in [0.4, 0.5) is 0 Å². The second-order valence-corrected chi connectivity index (χ2v) is 9.75. The molecule has 4 rings (SSSR count). The molecule has 0 amide bonds. The maximum Gasteiger partial charge on any atom is 0.193 e. The predicted octanol–water partition coefficient (Wildman–Crippen LogP) is 8.95. The number of hydrogen-bond donors (Lipinski definition) is 0. The monoisotopic (exact) mass is 521 g/mol. The van der Waals surface area contributed by atoms with Crippen LogP contribution in [0.15, 0.2) is 89.9 Å². The van der Waals surface area contributed by atoms with Crippen molar-refractivity contribution in [3.05, 3.63) is 96.1 Å². The number of rotatable bonds is 15. The summed E-state index contributed by atoms with van der Waals surface area (Å²) in [6.45, 7) is 6.36. The summed E-state index contributed by atoms with van der Waals surface area (Å²) < 4.78 is 11.8. The van der Waals surface area contributed by atoms with E-state index in [1.54, 1.807) is 0 Å². The van der Waals surface area contributed by atoms with Gasteiger partial charge in [0.1, 0.15) is 18.1 Å². The van der Waals surface area contributed by atoms with Gasteiger partial charge in [0, 0.05) is 29.4 Å². The van der Waals surface area contributed by atoms with Gasteiger partial charge in [-0.15, -0.1) is 0 Å². The average molecular weight is 522 g/mol. The van der Waals surface area contributed by atoms with Crippen LogP contribution >= 0.6 is 0 Å². The van der Waals surface area contributed by atoms with Gasteiger partial charge in [0.15, 0.2) is 5.78 Å². The number of fused-ring (bicyclic) bond motifs is 1. The highest BCUT2D eigenvalue weighted by atomic mass is 16.5. The summed E-state index contributed by atoms with van der Waals surface area (Å²) in [6, 6.07) is 27.5. The molecule has 39 heavy (non-hydrogen) atoms. The van der Waals surface area contributed by atoms with Crippen molar-refractivity contribution in [3.63, 3.8) is 0 Å². The molecule has 0 aliphatic carbocycles. The summed E-state index contributed by atoms with van der Waals surface area (Å²) in [5.74, 6) is 1.63. The number of ketones is 1. The van der Waals surface area contributed by atoms with Crippen LogP contribution in [0.1, 0.15) is 68.3 Å². The van der Waals surface area contributed by atoms with E-state index in [4.69, 9.17) is 9.47 Å². The van der Waals surface area contributed by atoms with Crippen molar-refractivity contribution in [2.45, 2.75) is 52.4 Å². The van der Waals surface area contributed by atoms with Crippen molar-refractivity contribution in [3.8, 4) is 22.6 Å². The van der Waals surface area contributed by atoms with Gasteiger partial charge in [-0.2, -0.15) is 0 Å². The first-order valence-corrected chi connectivity index (χ1v) is 14.2. The van der Waals surface area contributed by atoms with Crippen LogP contribution in [-0.4, -0.2) is 31.8 Å². The Hall–Kier alpha value is -3.92. The Kier molecular flexibility index (Phi) is 10.7. The molecule has 0 spiro atoms. The van der Waals surface area contributed by atoms with Crippen molar-refractivity contribution in [1.82, 2.24) is 0 Å². The number of aliphatic imine (C=N–C) groups is 1. The molecule has 0 aromatic heterocycles. The topological polar surface area (TPSA) is 47.9 Å². The minimum Gasteiger partial charge on any atom is -0.494 e. The molecule has 0 unspecified atom stereocenters. The fourth-order valence-corrected chi connectivity index (χ4v) is 4.60. The van der Waals surface area contributed by atoms with E-state index in [-0.39, 0.29) is 5.78 Å². The van der Waals surface area contributed by atoms with Crippen LogP contribution in [0.3, 0.4) is 0 Å². The van der Waals surface area contributed by atoms with Crippen LogP contribution in [0.2, 0.25) is 0 Å². The van der Waals surface area contributed by atoms with E-state index in [1.165, 1.54) is 19.3 Å². The quantitative estimate of drug-likeness (QED) is 0.0891. The molecule has 0 bridgehead atoms. The number of nitrogens with zero attached hydrogens (tertiary/aromatic N) is 1. The molecular weight excluding hydrogens is 482 g/mol. The number of unbranched alkanes of at least 4 members (excludes halogenated alkanes) is 4. The zero-order valence-corrected chi connectivity index (χ0v) is 23.2. The number of hydrogen-bond acceptors (Lipinski definition) is 4. The van der Waals surface area contributed by atoms with E-state index in [0.29, 0.717) is 24.3 Å². The Balaban J connectivity index is 1.59. The smallest absolute Gasteiger partial charge is 0.193 e. The minimum absolute atomic E-state index is 0.00578. The van der Waals surface area contributed by atoms with Crippen LogP contribution < -0.4 is 9.47 Å². The predicted molar refractivity (Wildman–Crippen MR) is 163 cm³/mol. The first kappa shape index (κ1) is 28.1. The van der Waals surface area contributed by atoms with Gasteiger partial charge in [-0.1, -0.05) is 94.1 Å². The lowest BCUT2D eigenvalue weighted by Crippen LogP contribution is -2.04. The molecule has 0 aliphatic heterocycles. The number of benzene rings is 4. The van der Waals surface area contributed by atoms with Crippen molar-refractivity contribution in [1.29, 1.82) is 0 Å².